The highest BCUT2D eigenvalue weighted by Crippen LogP contribution is 2.23. The minimum atomic E-state index is -0.807. The molecule has 0 aromatic heterocycles. The second-order valence-corrected chi connectivity index (χ2v) is 6.72. The van der Waals surface area contributed by atoms with Crippen LogP contribution in [-0.2, 0) is 4.79 Å². The average Bonchev–Trinajstić information content (AvgIpc) is 3.11. The fraction of sp³-hybridized carbons (Fsp3) is 0.556. The number of piperidine rings is 1. The Hall–Kier alpha value is -2.24. The van der Waals surface area contributed by atoms with Crippen LogP contribution in [0.2, 0.25) is 0 Å². The Balaban J connectivity index is 1.39. The number of nitrogens with zero attached hydrogens (tertiary/aromatic N) is 2. The molecular formula is C18H25N3O3. The summed E-state index contributed by atoms with van der Waals surface area (Å²) in [5.41, 5.74) is 1.26. The van der Waals surface area contributed by atoms with Crippen molar-refractivity contribution in [1.29, 1.82) is 0 Å². The van der Waals surface area contributed by atoms with Gasteiger partial charge in [-0.25, -0.2) is 4.79 Å². The number of rotatable bonds is 4. The summed E-state index contributed by atoms with van der Waals surface area (Å²) in [6.45, 7) is 3.56. The van der Waals surface area contributed by atoms with Crippen molar-refractivity contribution in [3.8, 4) is 0 Å². The molecule has 0 saturated carbocycles. The first-order valence-electron chi connectivity index (χ1n) is 8.69. The molecule has 2 saturated heterocycles. The highest BCUT2D eigenvalue weighted by Gasteiger charge is 2.31. The standard InChI is InChI=1S/C18H25N3O3/c22-17(23)15-8-11-21(13-15)18(24)19-12-14-6-9-20(10-7-14)16-4-2-1-3-5-16/h1-5,14-15H,6-13H2,(H,19,24)(H,22,23). The molecule has 1 aromatic carbocycles. The zero-order chi connectivity index (χ0) is 16.9. The second kappa shape index (κ2) is 7.55. The van der Waals surface area contributed by atoms with Crippen LogP contribution in [0.15, 0.2) is 30.3 Å². The fourth-order valence-electron chi connectivity index (χ4n) is 3.52. The van der Waals surface area contributed by atoms with Gasteiger partial charge in [0, 0.05) is 38.4 Å². The molecule has 2 amide bonds. The Labute approximate surface area is 142 Å². The van der Waals surface area contributed by atoms with E-state index in [1.54, 1.807) is 4.90 Å². The number of carbonyl (C=O) groups excluding carboxylic acids is 1. The number of carboxylic acids is 1. The van der Waals surface area contributed by atoms with Crippen LogP contribution in [0, 0.1) is 11.8 Å². The molecule has 2 heterocycles. The molecule has 0 bridgehead atoms. The van der Waals surface area contributed by atoms with Crippen LogP contribution < -0.4 is 10.2 Å². The summed E-state index contributed by atoms with van der Waals surface area (Å²) in [5.74, 6) is -0.727. The van der Waals surface area contributed by atoms with E-state index in [4.69, 9.17) is 5.11 Å². The minimum absolute atomic E-state index is 0.121. The van der Waals surface area contributed by atoms with Gasteiger partial charge in [-0.15, -0.1) is 0 Å². The number of hydrogen-bond acceptors (Lipinski definition) is 3. The monoisotopic (exact) mass is 331 g/mol. The van der Waals surface area contributed by atoms with E-state index in [1.165, 1.54) is 5.69 Å². The maximum absolute atomic E-state index is 12.2. The number of hydrogen-bond donors (Lipinski definition) is 2. The molecule has 3 rings (SSSR count). The molecule has 2 aliphatic heterocycles. The highest BCUT2D eigenvalue weighted by atomic mass is 16.4. The number of carboxylic acid groups (broad SMARTS) is 1. The first kappa shape index (κ1) is 16.6. The smallest absolute Gasteiger partial charge is 0.317 e. The van der Waals surface area contributed by atoms with E-state index >= 15 is 0 Å². The number of benzene rings is 1. The largest absolute Gasteiger partial charge is 0.481 e. The summed E-state index contributed by atoms with van der Waals surface area (Å²) in [5, 5.41) is 12.0. The molecule has 0 spiro atoms. The summed E-state index contributed by atoms with van der Waals surface area (Å²) < 4.78 is 0. The van der Waals surface area contributed by atoms with E-state index < -0.39 is 11.9 Å². The van der Waals surface area contributed by atoms with E-state index in [9.17, 15) is 9.59 Å². The van der Waals surface area contributed by atoms with Gasteiger partial charge < -0.3 is 20.2 Å². The zero-order valence-corrected chi connectivity index (χ0v) is 13.9. The van der Waals surface area contributed by atoms with Gasteiger partial charge in [0.15, 0.2) is 0 Å². The van der Waals surface area contributed by atoms with Gasteiger partial charge in [0.05, 0.1) is 5.92 Å². The van der Waals surface area contributed by atoms with E-state index in [0.29, 0.717) is 32.0 Å². The summed E-state index contributed by atoms with van der Waals surface area (Å²) in [4.78, 5) is 27.1. The fourth-order valence-corrected chi connectivity index (χ4v) is 3.52. The predicted octanol–water partition coefficient (Wildman–Crippen LogP) is 2.02. The maximum Gasteiger partial charge on any atom is 0.317 e. The van der Waals surface area contributed by atoms with Crippen LogP contribution in [0.25, 0.3) is 0 Å². The van der Waals surface area contributed by atoms with Crippen LogP contribution in [0.3, 0.4) is 0 Å². The third-order valence-electron chi connectivity index (χ3n) is 5.10. The number of carbonyl (C=O) groups is 2. The maximum atomic E-state index is 12.2. The molecule has 1 unspecified atom stereocenters. The molecule has 130 valence electrons. The molecule has 2 fully saturated rings. The van der Waals surface area contributed by atoms with Crippen molar-refractivity contribution in [2.24, 2.45) is 11.8 Å². The number of anilines is 1. The number of urea groups is 1. The third-order valence-corrected chi connectivity index (χ3v) is 5.10. The lowest BCUT2D eigenvalue weighted by atomic mass is 9.96. The van der Waals surface area contributed by atoms with Gasteiger partial charge in [0.1, 0.15) is 0 Å². The van der Waals surface area contributed by atoms with Gasteiger partial charge in [-0.1, -0.05) is 18.2 Å². The molecule has 2 aliphatic rings. The van der Waals surface area contributed by atoms with Gasteiger partial charge in [-0.05, 0) is 37.3 Å². The lowest BCUT2D eigenvalue weighted by Gasteiger charge is -2.34. The van der Waals surface area contributed by atoms with Crippen LogP contribution >= 0.6 is 0 Å². The first-order chi connectivity index (χ1) is 11.6. The molecule has 24 heavy (non-hydrogen) atoms. The van der Waals surface area contributed by atoms with Gasteiger partial charge in [0.2, 0.25) is 0 Å². The van der Waals surface area contributed by atoms with Crippen molar-refractivity contribution in [3.63, 3.8) is 0 Å². The summed E-state index contributed by atoms with van der Waals surface area (Å²) in [7, 11) is 0. The Morgan fingerprint density at radius 2 is 1.79 bits per heavy atom. The van der Waals surface area contributed by atoms with Gasteiger partial charge in [-0.2, -0.15) is 0 Å². The highest BCUT2D eigenvalue weighted by molar-refractivity contribution is 5.77. The Kier molecular flexibility index (Phi) is 5.23. The van der Waals surface area contributed by atoms with Crippen LogP contribution in [0.4, 0.5) is 10.5 Å². The number of likely N-dealkylation sites (tertiary alicyclic amines) is 1. The number of amides is 2. The van der Waals surface area contributed by atoms with Crippen molar-refractivity contribution in [3.05, 3.63) is 30.3 Å². The number of nitrogens with one attached hydrogen (secondary N) is 1. The van der Waals surface area contributed by atoms with Crippen LogP contribution in [0.1, 0.15) is 19.3 Å². The Morgan fingerprint density at radius 1 is 1.08 bits per heavy atom. The van der Waals surface area contributed by atoms with E-state index in [2.05, 4.69) is 34.5 Å². The number of para-hydroxylation sites is 1. The van der Waals surface area contributed by atoms with Crippen LogP contribution in [-0.4, -0.2) is 54.7 Å². The van der Waals surface area contributed by atoms with Gasteiger partial charge in [0.25, 0.3) is 0 Å². The van der Waals surface area contributed by atoms with E-state index in [-0.39, 0.29) is 6.03 Å². The quantitative estimate of drug-likeness (QED) is 0.885. The zero-order valence-electron chi connectivity index (χ0n) is 13.9. The lowest BCUT2D eigenvalue weighted by molar-refractivity contribution is -0.141. The molecule has 6 nitrogen and oxygen atoms in total. The van der Waals surface area contributed by atoms with Gasteiger partial charge in [-0.3, -0.25) is 4.79 Å². The minimum Gasteiger partial charge on any atom is -0.481 e. The molecule has 0 radical (unpaired) electrons. The second-order valence-electron chi connectivity index (χ2n) is 6.72. The normalized spacial score (nSPS) is 21.8. The van der Waals surface area contributed by atoms with E-state index in [0.717, 1.165) is 25.9 Å². The molecule has 6 heteroatoms. The van der Waals surface area contributed by atoms with Crippen molar-refractivity contribution in [2.45, 2.75) is 19.3 Å². The molecule has 0 aliphatic carbocycles. The average molecular weight is 331 g/mol. The number of aliphatic carboxylic acids is 1. The van der Waals surface area contributed by atoms with Crippen molar-refractivity contribution in [2.75, 3.05) is 37.6 Å². The predicted molar refractivity (Wildman–Crippen MR) is 92.1 cm³/mol. The third kappa shape index (κ3) is 3.99. The van der Waals surface area contributed by atoms with Gasteiger partial charge >= 0.3 is 12.0 Å². The Bertz CT molecular complexity index is 570. The summed E-state index contributed by atoms with van der Waals surface area (Å²) in [6, 6.07) is 10.3. The van der Waals surface area contributed by atoms with E-state index in [1.807, 2.05) is 6.07 Å². The Morgan fingerprint density at radius 3 is 2.42 bits per heavy atom. The molecular weight excluding hydrogens is 306 g/mol. The molecule has 1 atom stereocenters. The topological polar surface area (TPSA) is 72.9 Å². The lowest BCUT2D eigenvalue weighted by Crippen LogP contribution is -2.43. The van der Waals surface area contributed by atoms with Crippen molar-refractivity contribution >= 4 is 17.7 Å². The summed E-state index contributed by atoms with van der Waals surface area (Å²) >= 11 is 0. The SMILES string of the molecule is O=C(O)C1CCN(C(=O)NCC2CCN(c3ccccc3)CC2)C1. The first-order valence-corrected chi connectivity index (χ1v) is 8.69. The van der Waals surface area contributed by atoms with Crippen LogP contribution in [0.5, 0.6) is 0 Å². The molecule has 1 aromatic rings. The van der Waals surface area contributed by atoms with Crippen molar-refractivity contribution in [1.82, 2.24) is 10.2 Å². The van der Waals surface area contributed by atoms with Crippen molar-refractivity contribution < 1.29 is 14.7 Å². The summed E-state index contributed by atoms with van der Waals surface area (Å²) in [6.07, 6.45) is 2.68. The molecule has 2 N–H and O–H groups in total.